The van der Waals surface area contributed by atoms with Crippen LogP contribution >= 0.6 is 0 Å². The maximum absolute atomic E-state index is 12.4. The minimum atomic E-state index is -0.494. The van der Waals surface area contributed by atoms with E-state index in [0.29, 0.717) is 11.7 Å². The molecule has 0 atom stereocenters. The van der Waals surface area contributed by atoms with Crippen LogP contribution in [-0.2, 0) is 10.3 Å². The van der Waals surface area contributed by atoms with Gasteiger partial charge in [0.15, 0.2) is 5.82 Å². The van der Waals surface area contributed by atoms with E-state index in [-0.39, 0.29) is 5.91 Å². The predicted molar refractivity (Wildman–Crippen MR) is 87.5 cm³/mol. The van der Waals surface area contributed by atoms with Gasteiger partial charge in [0.2, 0.25) is 11.8 Å². The number of hydrogen-bond acceptors (Lipinski definition) is 4. The molecule has 1 amide bonds. The van der Waals surface area contributed by atoms with Crippen molar-refractivity contribution in [2.45, 2.75) is 45.1 Å². The van der Waals surface area contributed by atoms with Crippen LogP contribution in [0, 0.1) is 13.8 Å². The van der Waals surface area contributed by atoms with Crippen LogP contribution in [-0.4, -0.2) is 16.0 Å². The third-order valence-corrected chi connectivity index (χ3v) is 4.24. The zero-order valence-corrected chi connectivity index (χ0v) is 13.5. The Kier molecular flexibility index (Phi) is 4.28. The van der Waals surface area contributed by atoms with Crippen LogP contribution in [0.15, 0.2) is 34.9 Å². The van der Waals surface area contributed by atoms with Crippen LogP contribution in [0.5, 0.6) is 0 Å². The number of nitrogens with zero attached hydrogens (tertiary/aromatic N) is 2. The number of nitrogens with one attached hydrogen (secondary N) is 1. The van der Waals surface area contributed by atoms with Crippen molar-refractivity contribution in [3.8, 4) is 0 Å². The molecule has 23 heavy (non-hydrogen) atoms. The number of aryl methyl sites for hydroxylation is 2. The third kappa shape index (κ3) is 3.50. The fraction of sp³-hybridized carbons (Fsp3) is 0.389. The molecule has 5 heteroatoms. The summed E-state index contributed by atoms with van der Waals surface area (Å²) in [5, 5.41) is 7.12. The van der Waals surface area contributed by atoms with Crippen LogP contribution in [0.25, 0.3) is 6.08 Å². The summed E-state index contributed by atoms with van der Waals surface area (Å²) in [5.41, 5.74) is 1.68. The topological polar surface area (TPSA) is 68.0 Å². The molecule has 1 saturated carbocycles. The second-order valence-electron chi connectivity index (χ2n) is 6.16. The number of aromatic nitrogens is 2. The van der Waals surface area contributed by atoms with E-state index in [1.807, 2.05) is 37.3 Å². The third-order valence-electron chi connectivity index (χ3n) is 4.24. The number of amides is 1. The molecule has 1 aliphatic rings. The summed E-state index contributed by atoms with van der Waals surface area (Å²) in [4.78, 5) is 16.7. The molecule has 120 valence electrons. The molecule has 1 fully saturated rings. The standard InChI is InChI=1S/C18H21N3O2/c1-13-6-5-7-15(12-13)8-9-16(22)20-18(10-3-4-11-18)17-19-14(2)23-21-17/h5-9,12H,3-4,10-11H2,1-2H3,(H,20,22)/b9-8+. The van der Waals surface area contributed by atoms with Crippen LogP contribution < -0.4 is 5.32 Å². The van der Waals surface area contributed by atoms with Crippen molar-refractivity contribution in [3.05, 3.63) is 53.2 Å². The largest absolute Gasteiger partial charge is 0.340 e. The monoisotopic (exact) mass is 311 g/mol. The molecule has 1 aliphatic carbocycles. The van der Waals surface area contributed by atoms with Crippen molar-refractivity contribution in [1.82, 2.24) is 15.5 Å². The molecule has 1 aromatic carbocycles. The molecule has 0 unspecified atom stereocenters. The van der Waals surface area contributed by atoms with Crippen molar-refractivity contribution in [2.24, 2.45) is 0 Å². The quantitative estimate of drug-likeness (QED) is 0.880. The van der Waals surface area contributed by atoms with E-state index < -0.39 is 5.54 Å². The van der Waals surface area contributed by atoms with Crippen molar-refractivity contribution >= 4 is 12.0 Å². The van der Waals surface area contributed by atoms with Crippen molar-refractivity contribution in [3.63, 3.8) is 0 Å². The molecule has 0 saturated heterocycles. The molecule has 0 bridgehead atoms. The van der Waals surface area contributed by atoms with Crippen molar-refractivity contribution in [2.75, 3.05) is 0 Å². The number of hydrogen-bond donors (Lipinski definition) is 1. The predicted octanol–water partition coefficient (Wildman–Crippen LogP) is 3.29. The SMILES string of the molecule is Cc1cccc(/C=C/C(=O)NC2(c3noc(C)n3)CCCC2)c1. The summed E-state index contributed by atoms with van der Waals surface area (Å²) < 4.78 is 5.10. The van der Waals surface area contributed by atoms with Crippen LogP contribution in [0.2, 0.25) is 0 Å². The van der Waals surface area contributed by atoms with E-state index in [9.17, 15) is 4.79 Å². The average molecular weight is 311 g/mol. The van der Waals surface area contributed by atoms with Gasteiger partial charge in [-0.1, -0.05) is 47.8 Å². The lowest BCUT2D eigenvalue weighted by molar-refractivity contribution is -0.118. The Morgan fingerprint density at radius 1 is 1.30 bits per heavy atom. The van der Waals surface area contributed by atoms with Gasteiger partial charge in [0.25, 0.3) is 0 Å². The highest BCUT2D eigenvalue weighted by Crippen LogP contribution is 2.37. The Bertz CT molecular complexity index is 727. The molecule has 0 spiro atoms. The van der Waals surface area contributed by atoms with E-state index in [1.165, 1.54) is 5.56 Å². The second-order valence-corrected chi connectivity index (χ2v) is 6.16. The first kappa shape index (κ1) is 15.5. The van der Waals surface area contributed by atoms with Gasteiger partial charge in [0, 0.05) is 13.0 Å². The van der Waals surface area contributed by atoms with Gasteiger partial charge in [-0.3, -0.25) is 4.79 Å². The van der Waals surface area contributed by atoms with Gasteiger partial charge in [-0.25, -0.2) is 0 Å². The Hall–Kier alpha value is -2.43. The first-order chi connectivity index (χ1) is 11.1. The molecule has 3 rings (SSSR count). The van der Waals surface area contributed by atoms with Crippen molar-refractivity contribution in [1.29, 1.82) is 0 Å². The number of benzene rings is 1. The van der Waals surface area contributed by atoms with E-state index >= 15 is 0 Å². The zero-order chi connectivity index (χ0) is 16.3. The molecule has 0 aliphatic heterocycles. The zero-order valence-electron chi connectivity index (χ0n) is 13.5. The lowest BCUT2D eigenvalue weighted by atomic mass is 9.96. The maximum atomic E-state index is 12.4. The van der Waals surface area contributed by atoms with Gasteiger partial charge < -0.3 is 9.84 Å². The summed E-state index contributed by atoms with van der Waals surface area (Å²) in [6.45, 7) is 3.79. The summed E-state index contributed by atoms with van der Waals surface area (Å²) in [7, 11) is 0. The smallest absolute Gasteiger partial charge is 0.244 e. The molecular formula is C18H21N3O2. The van der Waals surface area contributed by atoms with E-state index in [0.717, 1.165) is 31.2 Å². The minimum absolute atomic E-state index is 0.129. The van der Waals surface area contributed by atoms with E-state index in [4.69, 9.17) is 4.52 Å². The number of carbonyl (C=O) groups is 1. The van der Waals surface area contributed by atoms with E-state index in [2.05, 4.69) is 15.5 Å². The Labute approximate surface area is 135 Å². The van der Waals surface area contributed by atoms with Gasteiger partial charge >= 0.3 is 0 Å². The highest BCUT2D eigenvalue weighted by Gasteiger charge is 2.40. The molecule has 1 aromatic heterocycles. The van der Waals surface area contributed by atoms with Gasteiger partial charge in [-0.15, -0.1) is 0 Å². The van der Waals surface area contributed by atoms with Crippen LogP contribution in [0.3, 0.4) is 0 Å². The first-order valence-electron chi connectivity index (χ1n) is 7.95. The van der Waals surface area contributed by atoms with Gasteiger partial charge in [0.1, 0.15) is 5.54 Å². The number of carbonyl (C=O) groups excluding carboxylic acids is 1. The molecular weight excluding hydrogens is 290 g/mol. The summed E-state index contributed by atoms with van der Waals surface area (Å²) in [5.74, 6) is 0.983. The Morgan fingerprint density at radius 2 is 2.09 bits per heavy atom. The number of rotatable bonds is 4. The molecule has 1 N–H and O–H groups in total. The fourth-order valence-electron chi connectivity index (χ4n) is 3.10. The highest BCUT2D eigenvalue weighted by molar-refractivity contribution is 5.92. The van der Waals surface area contributed by atoms with Gasteiger partial charge in [-0.2, -0.15) is 4.98 Å². The van der Waals surface area contributed by atoms with Gasteiger partial charge in [0.05, 0.1) is 0 Å². The highest BCUT2D eigenvalue weighted by atomic mass is 16.5. The lowest BCUT2D eigenvalue weighted by Gasteiger charge is -2.25. The van der Waals surface area contributed by atoms with E-state index in [1.54, 1.807) is 13.0 Å². The minimum Gasteiger partial charge on any atom is -0.340 e. The summed E-state index contributed by atoms with van der Waals surface area (Å²) in [6.07, 6.45) is 7.19. The van der Waals surface area contributed by atoms with Crippen LogP contribution in [0.1, 0.15) is 48.5 Å². The van der Waals surface area contributed by atoms with Crippen molar-refractivity contribution < 1.29 is 9.32 Å². The average Bonchev–Trinajstić information content (AvgIpc) is 3.15. The summed E-state index contributed by atoms with van der Waals surface area (Å²) >= 11 is 0. The normalized spacial score (nSPS) is 16.8. The van der Waals surface area contributed by atoms with Gasteiger partial charge in [-0.05, 0) is 31.4 Å². The molecule has 1 heterocycles. The fourth-order valence-corrected chi connectivity index (χ4v) is 3.10. The molecule has 5 nitrogen and oxygen atoms in total. The summed E-state index contributed by atoms with van der Waals surface area (Å²) in [6, 6.07) is 8.03. The molecule has 2 aromatic rings. The second kappa shape index (κ2) is 6.36. The Morgan fingerprint density at radius 3 is 2.74 bits per heavy atom. The molecule has 0 radical (unpaired) electrons. The maximum Gasteiger partial charge on any atom is 0.244 e. The Balaban J connectivity index is 1.74. The van der Waals surface area contributed by atoms with Crippen LogP contribution in [0.4, 0.5) is 0 Å². The first-order valence-corrected chi connectivity index (χ1v) is 7.95. The lowest BCUT2D eigenvalue weighted by Crippen LogP contribution is -2.44.